The van der Waals surface area contributed by atoms with Gasteiger partial charge in [0.25, 0.3) is 5.91 Å². The molecule has 2 N–H and O–H groups in total. The highest BCUT2D eigenvalue weighted by Crippen LogP contribution is 2.42. The molecule has 1 fully saturated rings. The predicted octanol–water partition coefficient (Wildman–Crippen LogP) is 3.99. The van der Waals surface area contributed by atoms with Gasteiger partial charge in [0.05, 0.1) is 18.8 Å². The zero-order valence-electron chi connectivity index (χ0n) is 21.0. The Hall–Kier alpha value is -3.91. The smallest absolute Gasteiger partial charge is 0.294 e. The van der Waals surface area contributed by atoms with Crippen LogP contribution in [-0.4, -0.2) is 48.3 Å². The molecule has 2 aromatic carbocycles. The normalized spacial score (nSPS) is 20.3. The summed E-state index contributed by atoms with van der Waals surface area (Å²) >= 11 is 0. The van der Waals surface area contributed by atoms with E-state index in [1.807, 2.05) is 66.4 Å². The van der Waals surface area contributed by atoms with Crippen LogP contribution in [0.25, 0.3) is 0 Å². The Labute approximate surface area is 216 Å². The lowest BCUT2D eigenvalue weighted by Gasteiger charge is -2.44. The topological polar surface area (TPSA) is 100 Å². The zero-order valence-corrected chi connectivity index (χ0v) is 21.0. The Morgan fingerprint density at radius 1 is 0.973 bits per heavy atom. The Kier molecular flexibility index (Phi) is 7.10. The van der Waals surface area contributed by atoms with Crippen molar-refractivity contribution < 1.29 is 18.8 Å². The molecule has 3 aromatic rings. The summed E-state index contributed by atoms with van der Waals surface area (Å²) in [6.07, 6.45) is 3.41. The molecule has 2 aliphatic heterocycles. The first-order chi connectivity index (χ1) is 17.9. The molecule has 0 radical (unpaired) electrons. The minimum atomic E-state index is -0.265. The first-order valence-corrected chi connectivity index (χ1v) is 12.8. The molecular formula is C29H32N4O4. The molecule has 5 rings (SSSR count). The van der Waals surface area contributed by atoms with Gasteiger partial charge in [0, 0.05) is 23.3 Å². The van der Waals surface area contributed by atoms with Crippen molar-refractivity contribution in [2.75, 3.05) is 29.4 Å². The van der Waals surface area contributed by atoms with Gasteiger partial charge < -0.3 is 20.0 Å². The van der Waals surface area contributed by atoms with Gasteiger partial charge in [-0.1, -0.05) is 36.4 Å². The molecule has 1 saturated heterocycles. The zero-order chi connectivity index (χ0) is 25.9. The lowest BCUT2D eigenvalue weighted by atomic mass is 9.89. The number of amides is 3. The monoisotopic (exact) mass is 500 g/mol. The number of para-hydroxylation sites is 2. The van der Waals surface area contributed by atoms with Gasteiger partial charge in [0.1, 0.15) is 0 Å². The van der Waals surface area contributed by atoms with Crippen molar-refractivity contribution >= 4 is 29.1 Å². The largest absolute Gasteiger partial charge is 0.459 e. The Balaban J connectivity index is 1.46. The van der Waals surface area contributed by atoms with Crippen molar-refractivity contribution in [1.29, 1.82) is 0 Å². The van der Waals surface area contributed by atoms with Crippen molar-refractivity contribution in [2.24, 2.45) is 11.7 Å². The molecule has 192 valence electrons. The third-order valence-corrected chi connectivity index (χ3v) is 7.47. The fourth-order valence-corrected chi connectivity index (χ4v) is 5.58. The van der Waals surface area contributed by atoms with Gasteiger partial charge in [-0.15, -0.1) is 0 Å². The number of primary amides is 1. The predicted molar refractivity (Wildman–Crippen MR) is 141 cm³/mol. The van der Waals surface area contributed by atoms with Crippen LogP contribution in [0.2, 0.25) is 0 Å². The molecule has 8 nitrogen and oxygen atoms in total. The number of fused-ring (bicyclic) bond motifs is 1. The van der Waals surface area contributed by atoms with Gasteiger partial charge in [-0.25, -0.2) is 0 Å². The fraction of sp³-hybridized carbons (Fsp3) is 0.345. The maximum absolute atomic E-state index is 13.9. The van der Waals surface area contributed by atoms with Crippen LogP contribution in [0, 0.1) is 5.92 Å². The molecule has 0 aliphatic carbocycles. The highest BCUT2D eigenvalue weighted by atomic mass is 16.3. The third kappa shape index (κ3) is 5.02. The quantitative estimate of drug-likeness (QED) is 0.552. The van der Waals surface area contributed by atoms with E-state index in [2.05, 4.69) is 4.90 Å². The van der Waals surface area contributed by atoms with Crippen molar-refractivity contribution in [3.8, 4) is 0 Å². The van der Waals surface area contributed by atoms with Crippen LogP contribution in [0.5, 0.6) is 0 Å². The summed E-state index contributed by atoms with van der Waals surface area (Å²) in [4.78, 5) is 44.6. The average Bonchev–Trinajstić information content (AvgIpc) is 3.45. The molecule has 2 aliphatic rings. The molecule has 1 aromatic heterocycles. The summed E-state index contributed by atoms with van der Waals surface area (Å²) in [7, 11) is 0. The first kappa shape index (κ1) is 24.8. The molecule has 8 heteroatoms. The van der Waals surface area contributed by atoms with Crippen LogP contribution in [0.15, 0.2) is 77.4 Å². The number of benzene rings is 2. The van der Waals surface area contributed by atoms with E-state index in [1.165, 1.54) is 6.26 Å². The van der Waals surface area contributed by atoms with E-state index in [0.717, 1.165) is 16.9 Å². The second kappa shape index (κ2) is 10.6. The van der Waals surface area contributed by atoms with Gasteiger partial charge in [0.2, 0.25) is 11.8 Å². The van der Waals surface area contributed by atoms with Gasteiger partial charge >= 0.3 is 0 Å². The Morgan fingerprint density at radius 2 is 1.68 bits per heavy atom. The number of rotatable bonds is 6. The van der Waals surface area contributed by atoms with Gasteiger partial charge in [-0.05, 0) is 75.2 Å². The van der Waals surface area contributed by atoms with Crippen molar-refractivity contribution in [3.05, 3.63) is 84.3 Å². The molecule has 0 spiro atoms. The van der Waals surface area contributed by atoms with Gasteiger partial charge in [-0.2, -0.15) is 0 Å². The number of hydrogen-bond donors (Lipinski definition) is 1. The summed E-state index contributed by atoms with van der Waals surface area (Å²) < 4.78 is 5.41. The lowest BCUT2D eigenvalue weighted by molar-refractivity contribution is -0.123. The number of anilines is 2. The lowest BCUT2D eigenvalue weighted by Crippen LogP contribution is -2.50. The molecule has 0 unspecified atom stereocenters. The highest BCUT2D eigenvalue weighted by Gasteiger charge is 2.39. The number of nitrogens with two attached hydrogens (primary N) is 1. The number of hydrogen-bond acceptors (Lipinski definition) is 5. The summed E-state index contributed by atoms with van der Waals surface area (Å²) in [5.41, 5.74) is 8.01. The molecular weight excluding hydrogens is 468 g/mol. The maximum atomic E-state index is 13.9. The third-order valence-electron chi connectivity index (χ3n) is 7.47. The standard InChI is InChI=1S/C29H32N4O4/c1-20-18-25(23-10-5-6-11-24(23)32(20)29(36)26-12-7-17-37-26)33(22-8-3-2-4-9-22)27(34)19-31-15-13-21(14-16-31)28(30)35/h2-12,17,20-21,25H,13-16,18-19H2,1H3,(H2,30,35)/t20-,25-/m0/s1. The van der Waals surface area contributed by atoms with E-state index in [0.29, 0.717) is 32.4 Å². The number of likely N-dealkylation sites (tertiary alicyclic amines) is 1. The average molecular weight is 501 g/mol. The van der Waals surface area contributed by atoms with E-state index in [9.17, 15) is 14.4 Å². The molecule has 37 heavy (non-hydrogen) atoms. The van der Waals surface area contributed by atoms with Gasteiger partial charge in [-0.3, -0.25) is 19.3 Å². The SMILES string of the molecule is C[C@H]1C[C@H](N(C(=O)CN2CCC(C(N)=O)CC2)c2ccccc2)c2ccccc2N1C(=O)c1ccco1. The first-order valence-electron chi connectivity index (χ1n) is 12.8. The Morgan fingerprint density at radius 3 is 2.35 bits per heavy atom. The van der Waals surface area contributed by atoms with E-state index >= 15 is 0 Å². The van der Waals surface area contributed by atoms with Crippen LogP contribution in [0.4, 0.5) is 11.4 Å². The van der Waals surface area contributed by atoms with Crippen LogP contribution in [0.3, 0.4) is 0 Å². The van der Waals surface area contributed by atoms with Crippen molar-refractivity contribution in [2.45, 2.75) is 38.3 Å². The number of carbonyl (C=O) groups is 3. The molecule has 0 bridgehead atoms. The van der Waals surface area contributed by atoms with Crippen LogP contribution >= 0.6 is 0 Å². The summed E-state index contributed by atoms with van der Waals surface area (Å²) in [6.45, 7) is 3.57. The molecule has 3 amide bonds. The van der Waals surface area contributed by atoms with E-state index in [4.69, 9.17) is 10.2 Å². The van der Waals surface area contributed by atoms with E-state index in [1.54, 1.807) is 17.0 Å². The number of furan rings is 1. The molecule has 0 saturated carbocycles. The highest BCUT2D eigenvalue weighted by molar-refractivity contribution is 6.06. The van der Waals surface area contributed by atoms with Gasteiger partial charge in [0.15, 0.2) is 5.76 Å². The Bertz CT molecular complexity index is 1250. The number of piperidine rings is 1. The minimum Gasteiger partial charge on any atom is -0.459 e. The second-order valence-electron chi connectivity index (χ2n) is 9.86. The summed E-state index contributed by atoms with van der Waals surface area (Å²) in [6, 6.07) is 20.4. The number of nitrogens with zero attached hydrogens (tertiary/aromatic N) is 3. The summed E-state index contributed by atoms with van der Waals surface area (Å²) in [5.74, 6) is -0.311. The van der Waals surface area contributed by atoms with Crippen LogP contribution in [0.1, 0.15) is 48.3 Å². The minimum absolute atomic E-state index is 0.0125. The van der Waals surface area contributed by atoms with E-state index in [-0.39, 0.29) is 48.0 Å². The molecule has 2 atom stereocenters. The maximum Gasteiger partial charge on any atom is 0.294 e. The van der Waals surface area contributed by atoms with E-state index < -0.39 is 0 Å². The second-order valence-corrected chi connectivity index (χ2v) is 9.86. The molecule has 3 heterocycles. The van der Waals surface area contributed by atoms with Crippen LogP contribution in [-0.2, 0) is 9.59 Å². The fourth-order valence-electron chi connectivity index (χ4n) is 5.58. The number of carbonyl (C=O) groups excluding carboxylic acids is 3. The van der Waals surface area contributed by atoms with Crippen molar-refractivity contribution in [1.82, 2.24) is 4.90 Å². The summed E-state index contributed by atoms with van der Waals surface area (Å²) in [5, 5.41) is 0. The van der Waals surface area contributed by atoms with Crippen LogP contribution < -0.4 is 15.5 Å². The van der Waals surface area contributed by atoms with Crippen molar-refractivity contribution in [3.63, 3.8) is 0 Å².